The Hall–Kier alpha value is -4.41. The summed E-state index contributed by atoms with van der Waals surface area (Å²) in [6.45, 7) is 2.96. The number of nitrogens with one attached hydrogen (secondary N) is 2. The van der Waals surface area contributed by atoms with Crippen LogP contribution in [0.5, 0.6) is 11.5 Å². The number of Topliss-reactive ketones (excluding diaryl/α,β-unsaturated/α-hetero) is 1. The molecule has 48 heavy (non-hydrogen) atoms. The van der Waals surface area contributed by atoms with Gasteiger partial charge in [0, 0.05) is 43.4 Å². The Morgan fingerprint density at radius 2 is 1.77 bits per heavy atom. The lowest BCUT2D eigenvalue weighted by atomic mass is 10.00. The standard InChI is InChI=1S/C39H48N4O5/c1-2-7-32(44)21-34(46)22-33(45)14-12-28-13-15-37(47)38(20-28)48-26-43-24-35-31(23-42-36(35)25-43)19-29-10-6-11-30(18-29)39(40)41-17-16-27-8-4-3-5-9-27/h3-6,8-11,13,15,18,20,23-25,32,34,39,41-42,44,46-47H,2,7,12,14,16-17,19,21-22,26,40H2,1H3. The number of aromatic nitrogens is 2. The summed E-state index contributed by atoms with van der Waals surface area (Å²) in [5, 5.41) is 35.0. The lowest BCUT2D eigenvalue weighted by molar-refractivity contribution is -0.121. The molecule has 5 aromatic rings. The summed E-state index contributed by atoms with van der Waals surface area (Å²) in [6.07, 6.45) is 8.41. The van der Waals surface area contributed by atoms with Crippen LogP contribution in [0, 0.1) is 0 Å². The van der Waals surface area contributed by atoms with E-state index in [4.69, 9.17) is 10.5 Å². The molecule has 9 nitrogen and oxygen atoms in total. The highest BCUT2D eigenvalue weighted by Gasteiger charge is 2.16. The number of aliphatic hydroxyl groups is 2. The smallest absolute Gasteiger partial charge is 0.165 e. The number of aromatic hydroxyl groups is 1. The molecule has 2 heterocycles. The molecule has 2 aromatic heterocycles. The van der Waals surface area contributed by atoms with Crippen molar-refractivity contribution < 1.29 is 24.9 Å². The number of phenolic OH excluding ortho intramolecular Hbond substituents is 1. The summed E-state index contributed by atoms with van der Waals surface area (Å²) < 4.78 is 7.91. The molecule has 0 amide bonds. The summed E-state index contributed by atoms with van der Waals surface area (Å²) in [4.78, 5) is 15.8. The van der Waals surface area contributed by atoms with Crippen LogP contribution >= 0.6 is 0 Å². The summed E-state index contributed by atoms with van der Waals surface area (Å²) in [6, 6.07) is 23.8. The van der Waals surface area contributed by atoms with E-state index in [0.29, 0.717) is 18.6 Å². The topological polar surface area (TPSA) is 146 Å². The molecule has 0 spiro atoms. The van der Waals surface area contributed by atoms with Crippen LogP contribution in [0.4, 0.5) is 0 Å². The third-order valence-corrected chi connectivity index (χ3v) is 8.67. The van der Waals surface area contributed by atoms with Crippen LogP contribution in [0.1, 0.15) is 73.0 Å². The molecule has 0 aliphatic heterocycles. The number of rotatable bonds is 19. The fourth-order valence-corrected chi connectivity index (χ4v) is 6.06. The third-order valence-electron chi connectivity index (χ3n) is 8.67. The second kappa shape index (κ2) is 17.1. The molecular weight excluding hydrogens is 604 g/mol. The van der Waals surface area contributed by atoms with Crippen molar-refractivity contribution in [3.8, 4) is 11.5 Å². The second-order valence-corrected chi connectivity index (χ2v) is 12.7. The largest absolute Gasteiger partial charge is 0.504 e. The van der Waals surface area contributed by atoms with Crippen LogP contribution in [0.15, 0.2) is 91.4 Å². The van der Waals surface area contributed by atoms with Gasteiger partial charge in [-0.15, -0.1) is 0 Å². The molecule has 0 bridgehead atoms. The minimum Gasteiger partial charge on any atom is -0.504 e. The van der Waals surface area contributed by atoms with Crippen LogP contribution in [-0.2, 0) is 30.8 Å². The van der Waals surface area contributed by atoms with Crippen molar-refractivity contribution >= 4 is 16.7 Å². The van der Waals surface area contributed by atoms with Gasteiger partial charge in [0.15, 0.2) is 18.2 Å². The number of carbonyl (C=O) groups is 1. The van der Waals surface area contributed by atoms with Crippen LogP contribution in [0.2, 0.25) is 0 Å². The zero-order valence-electron chi connectivity index (χ0n) is 27.6. The molecule has 3 atom stereocenters. The van der Waals surface area contributed by atoms with Gasteiger partial charge in [-0.3, -0.25) is 10.1 Å². The summed E-state index contributed by atoms with van der Waals surface area (Å²) >= 11 is 0. The number of H-pyrrole nitrogens is 1. The quantitative estimate of drug-likeness (QED) is 0.0610. The number of aromatic amines is 1. The normalized spacial score (nSPS) is 13.4. The average Bonchev–Trinajstić information content (AvgIpc) is 3.65. The minimum atomic E-state index is -0.841. The van der Waals surface area contributed by atoms with Crippen molar-refractivity contribution in [2.24, 2.45) is 5.73 Å². The van der Waals surface area contributed by atoms with Gasteiger partial charge in [0.25, 0.3) is 0 Å². The molecule has 0 aliphatic rings. The molecule has 0 radical (unpaired) electrons. The molecule has 3 unspecified atom stereocenters. The summed E-state index contributed by atoms with van der Waals surface area (Å²) in [5.41, 5.74) is 13.0. The van der Waals surface area contributed by atoms with E-state index in [1.165, 1.54) is 11.1 Å². The van der Waals surface area contributed by atoms with Gasteiger partial charge in [-0.2, -0.15) is 0 Å². The molecule has 7 N–H and O–H groups in total. The molecule has 0 saturated carbocycles. The molecule has 0 saturated heterocycles. The third kappa shape index (κ3) is 10.0. The molecule has 9 heteroatoms. The van der Waals surface area contributed by atoms with Crippen molar-refractivity contribution in [2.45, 2.75) is 83.4 Å². The van der Waals surface area contributed by atoms with E-state index in [-0.39, 0.29) is 43.7 Å². The molecule has 3 aromatic carbocycles. The summed E-state index contributed by atoms with van der Waals surface area (Å²) in [7, 11) is 0. The first kappa shape index (κ1) is 34.9. The molecule has 0 fully saturated rings. The Kier molecular flexibility index (Phi) is 12.5. The van der Waals surface area contributed by atoms with Gasteiger partial charge >= 0.3 is 0 Å². The number of aryl methyl sites for hydroxylation is 1. The Morgan fingerprint density at radius 3 is 2.58 bits per heavy atom. The summed E-state index contributed by atoms with van der Waals surface area (Å²) in [5.74, 6) is 0.298. The van der Waals surface area contributed by atoms with Gasteiger partial charge in [-0.25, -0.2) is 0 Å². The number of phenols is 1. The second-order valence-electron chi connectivity index (χ2n) is 12.7. The first-order chi connectivity index (χ1) is 23.3. The average molecular weight is 653 g/mol. The van der Waals surface area contributed by atoms with E-state index in [1.807, 2.05) is 42.2 Å². The van der Waals surface area contributed by atoms with E-state index in [2.05, 4.69) is 52.8 Å². The Balaban J connectivity index is 1.13. The Bertz CT molecular complexity index is 1750. The van der Waals surface area contributed by atoms with Gasteiger partial charge in [0.1, 0.15) is 5.78 Å². The van der Waals surface area contributed by atoms with Crippen molar-refractivity contribution in [3.63, 3.8) is 0 Å². The highest BCUT2D eigenvalue weighted by molar-refractivity contribution is 5.83. The number of benzene rings is 3. The number of ketones is 1. The fourth-order valence-electron chi connectivity index (χ4n) is 6.06. The minimum absolute atomic E-state index is 0.0242. The van der Waals surface area contributed by atoms with Gasteiger partial charge in [-0.1, -0.05) is 74.0 Å². The lowest BCUT2D eigenvalue weighted by Crippen LogP contribution is -2.30. The number of ether oxygens (including phenoxy) is 1. The number of hydrogen-bond acceptors (Lipinski definition) is 7. The number of aliphatic hydroxyl groups excluding tert-OH is 2. The number of hydrogen-bond donors (Lipinski definition) is 6. The number of nitrogens with zero attached hydrogens (tertiary/aromatic N) is 1. The maximum Gasteiger partial charge on any atom is 0.165 e. The molecule has 0 aliphatic carbocycles. The van der Waals surface area contributed by atoms with Crippen LogP contribution < -0.4 is 15.8 Å². The fraction of sp³-hybridized carbons (Fsp3) is 0.359. The van der Waals surface area contributed by atoms with Gasteiger partial charge in [0.05, 0.1) is 23.9 Å². The van der Waals surface area contributed by atoms with E-state index < -0.39 is 12.2 Å². The van der Waals surface area contributed by atoms with Gasteiger partial charge in [0.2, 0.25) is 0 Å². The van der Waals surface area contributed by atoms with Gasteiger partial charge in [-0.05, 0) is 72.1 Å². The van der Waals surface area contributed by atoms with Crippen molar-refractivity contribution in [1.82, 2.24) is 14.9 Å². The van der Waals surface area contributed by atoms with E-state index >= 15 is 0 Å². The number of carbonyl (C=O) groups excluding carboxylic acids is 1. The predicted molar refractivity (Wildman–Crippen MR) is 189 cm³/mol. The molecule has 5 rings (SSSR count). The SMILES string of the molecule is CCCC(O)CC(O)CC(=O)CCc1ccc(O)c(OCn2cc3[nH]cc(Cc4cccc(C(N)NCCc5ccccc5)c4)c3c2)c1. The maximum atomic E-state index is 12.4. The first-order valence-electron chi connectivity index (χ1n) is 16.9. The monoisotopic (exact) mass is 652 g/mol. The molecular formula is C39H48N4O5. The number of fused-ring (bicyclic) bond motifs is 1. The zero-order chi connectivity index (χ0) is 33.9. The number of nitrogens with two attached hydrogens (primary N) is 1. The maximum absolute atomic E-state index is 12.4. The zero-order valence-corrected chi connectivity index (χ0v) is 27.6. The van der Waals surface area contributed by atoms with Gasteiger partial charge < -0.3 is 35.3 Å². The van der Waals surface area contributed by atoms with Crippen LogP contribution in [-0.4, -0.2) is 49.4 Å². The molecule has 254 valence electrons. The lowest BCUT2D eigenvalue weighted by Gasteiger charge is -2.15. The van der Waals surface area contributed by atoms with Crippen LogP contribution in [0.3, 0.4) is 0 Å². The van der Waals surface area contributed by atoms with Crippen LogP contribution in [0.25, 0.3) is 10.9 Å². The first-order valence-corrected chi connectivity index (χ1v) is 16.9. The predicted octanol–water partition coefficient (Wildman–Crippen LogP) is 5.90. The van der Waals surface area contributed by atoms with Crippen molar-refractivity contribution in [3.05, 3.63) is 119 Å². The Labute approximate surface area is 282 Å². The van der Waals surface area contributed by atoms with E-state index in [1.54, 1.807) is 18.2 Å². The van der Waals surface area contributed by atoms with E-state index in [0.717, 1.165) is 53.4 Å². The highest BCUT2D eigenvalue weighted by Crippen LogP contribution is 2.29. The van der Waals surface area contributed by atoms with Crippen molar-refractivity contribution in [1.29, 1.82) is 0 Å². The highest BCUT2D eigenvalue weighted by atomic mass is 16.5. The van der Waals surface area contributed by atoms with E-state index in [9.17, 15) is 20.1 Å². The van der Waals surface area contributed by atoms with Crippen molar-refractivity contribution in [2.75, 3.05) is 6.54 Å². The Morgan fingerprint density at radius 1 is 0.958 bits per heavy atom.